The van der Waals surface area contributed by atoms with Crippen LogP contribution in [0.25, 0.3) is 10.9 Å². The Morgan fingerprint density at radius 3 is 1.71 bits per heavy atom. The molecule has 2 aliphatic heterocycles. The summed E-state index contributed by atoms with van der Waals surface area (Å²) in [6.45, 7) is 23.0. The molecular formula is C53H73N5O10. The van der Waals surface area contributed by atoms with E-state index in [2.05, 4.69) is 24.2 Å². The topological polar surface area (TPSA) is 151 Å². The second kappa shape index (κ2) is 21.4. The van der Waals surface area contributed by atoms with E-state index in [0.29, 0.717) is 49.5 Å². The Bertz CT molecular complexity index is 2320. The standard InChI is InChI=1S/C53H73N5O10/c1-13-14-30-63-31-22-21-29-55-41(33-36-23-17-15-18-24-36)43-44(65-53(11,12)64-43)42(34-37-25-19-16-20-26-37)56(46(55)59)35-38-27-28-40-39(32-38)45(54-58(40)49(62)68-52(8,9)10)57(47(60)66-50(2,3)4)48(61)67-51(5,6)7/h15-20,23-28,32,41-44H,13-14,21-22,29-31,33-35H2,1-12H3/t41-,42-,43+,44+/m1/s1. The van der Waals surface area contributed by atoms with E-state index in [4.69, 9.17) is 28.4 Å². The zero-order valence-corrected chi connectivity index (χ0v) is 42.2. The summed E-state index contributed by atoms with van der Waals surface area (Å²) in [7, 11) is 0. The number of imide groups is 1. The zero-order chi connectivity index (χ0) is 49.6. The fraction of sp³-hybridized carbons (Fsp3) is 0.566. The fourth-order valence-corrected chi connectivity index (χ4v) is 8.58. The summed E-state index contributed by atoms with van der Waals surface area (Å²) < 4.78 is 38.0. The van der Waals surface area contributed by atoms with Crippen LogP contribution < -0.4 is 4.90 Å². The van der Waals surface area contributed by atoms with Crippen LogP contribution in [0.5, 0.6) is 0 Å². The first kappa shape index (κ1) is 51.9. The molecular weight excluding hydrogens is 867 g/mol. The molecule has 0 saturated carbocycles. The highest BCUT2D eigenvalue weighted by Crippen LogP contribution is 2.41. The zero-order valence-electron chi connectivity index (χ0n) is 42.2. The molecule has 3 heterocycles. The lowest BCUT2D eigenvalue weighted by Crippen LogP contribution is -2.52. The van der Waals surface area contributed by atoms with Gasteiger partial charge in [0, 0.05) is 31.7 Å². The predicted octanol–water partition coefficient (Wildman–Crippen LogP) is 11.1. The first-order valence-corrected chi connectivity index (χ1v) is 24.0. The maximum Gasteiger partial charge on any atom is 0.435 e. The van der Waals surface area contributed by atoms with E-state index in [0.717, 1.165) is 35.1 Å². The van der Waals surface area contributed by atoms with Crippen LogP contribution in [0.3, 0.4) is 0 Å². The summed E-state index contributed by atoms with van der Waals surface area (Å²) in [5.41, 5.74) is 0.0205. The third-order valence-electron chi connectivity index (χ3n) is 11.4. The molecule has 2 aliphatic rings. The highest BCUT2D eigenvalue weighted by atomic mass is 16.8. The molecule has 0 unspecified atom stereocenters. The van der Waals surface area contributed by atoms with Crippen molar-refractivity contribution in [3.8, 4) is 0 Å². The van der Waals surface area contributed by atoms with Crippen molar-refractivity contribution in [2.24, 2.45) is 0 Å². The van der Waals surface area contributed by atoms with Crippen molar-refractivity contribution in [2.75, 3.05) is 24.7 Å². The largest absolute Gasteiger partial charge is 0.443 e. The van der Waals surface area contributed by atoms with Gasteiger partial charge in [-0.05, 0) is 137 Å². The number of benzene rings is 3. The molecule has 1 aromatic heterocycles. The highest BCUT2D eigenvalue weighted by molar-refractivity contribution is 6.14. The van der Waals surface area contributed by atoms with E-state index in [1.165, 1.54) is 0 Å². The SMILES string of the molecule is CCCCOCCCCN1C(=O)N(Cc2ccc3c(c2)c(N(C(=O)OC(C)(C)C)C(=O)OC(C)(C)C)nn3C(=O)OC(C)(C)C)[C@H](Cc2ccccc2)[C@@H]2OC(C)(C)O[C@H]2[C@H]1Cc1ccccc1. The summed E-state index contributed by atoms with van der Waals surface area (Å²) in [6.07, 6.45) is 0.528. The number of urea groups is 1. The third-order valence-corrected chi connectivity index (χ3v) is 11.4. The molecule has 4 atom stereocenters. The molecule has 6 rings (SSSR count). The Kier molecular flexibility index (Phi) is 16.3. The molecule has 3 aromatic carbocycles. The summed E-state index contributed by atoms with van der Waals surface area (Å²) in [6, 6.07) is 24.3. The van der Waals surface area contributed by atoms with Gasteiger partial charge in [0.25, 0.3) is 0 Å². The average molecular weight is 940 g/mol. The van der Waals surface area contributed by atoms with E-state index in [-0.39, 0.29) is 29.3 Å². The molecule has 370 valence electrons. The van der Waals surface area contributed by atoms with Crippen molar-refractivity contribution in [3.63, 3.8) is 0 Å². The number of hydrogen-bond donors (Lipinski definition) is 0. The Morgan fingerprint density at radius 2 is 1.19 bits per heavy atom. The molecule has 0 radical (unpaired) electrons. The van der Waals surface area contributed by atoms with Gasteiger partial charge in [0.05, 0.1) is 17.6 Å². The Labute approximate surface area is 402 Å². The fourth-order valence-electron chi connectivity index (χ4n) is 8.58. The van der Waals surface area contributed by atoms with Crippen molar-refractivity contribution in [1.29, 1.82) is 0 Å². The molecule has 2 saturated heterocycles. The Morgan fingerprint density at radius 1 is 0.676 bits per heavy atom. The number of carbonyl (C=O) groups is 4. The predicted molar refractivity (Wildman–Crippen MR) is 261 cm³/mol. The van der Waals surface area contributed by atoms with Gasteiger partial charge in [-0.2, -0.15) is 9.58 Å². The van der Waals surface area contributed by atoms with Gasteiger partial charge in [0.1, 0.15) is 29.0 Å². The number of ether oxygens (including phenoxy) is 6. The van der Waals surface area contributed by atoms with Gasteiger partial charge in [0.2, 0.25) is 0 Å². The van der Waals surface area contributed by atoms with Gasteiger partial charge in [-0.15, -0.1) is 5.10 Å². The van der Waals surface area contributed by atoms with E-state index in [1.54, 1.807) is 74.4 Å². The van der Waals surface area contributed by atoms with Gasteiger partial charge < -0.3 is 38.2 Å². The van der Waals surface area contributed by atoms with Crippen LogP contribution in [0.1, 0.15) is 125 Å². The summed E-state index contributed by atoms with van der Waals surface area (Å²) in [4.78, 5) is 62.4. The molecule has 4 amide bonds. The Hall–Kier alpha value is -5.51. The van der Waals surface area contributed by atoms with E-state index in [1.807, 2.05) is 78.2 Å². The molecule has 0 N–H and O–H groups in total. The molecule has 0 aliphatic carbocycles. The normalized spacial score (nSPS) is 19.7. The third kappa shape index (κ3) is 13.6. The minimum absolute atomic E-state index is 0.0733. The lowest BCUT2D eigenvalue weighted by atomic mass is 9.91. The molecule has 15 nitrogen and oxygen atoms in total. The number of anilines is 1. The van der Waals surface area contributed by atoms with E-state index < -0.39 is 65.2 Å². The van der Waals surface area contributed by atoms with Gasteiger partial charge in [-0.1, -0.05) is 80.1 Å². The number of hydrogen-bond acceptors (Lipinski definition) is 11. The van der Waals surface area contributed by atoms with Gasteiger partial charge in [0.15, 0.2) is 11.6 Å². The first-order valence-electron chi connectivity index (χ1n) is 24.0. The lowest BCUT2D eigenvalue weighted by molar-refractivity contribution is -0.157. The van der Waals surface area contributed by atoms with Crippen molar-refractivity contribution < 1.29 is 47.6 Å². The summed E-state index contributed by atoms with van der Waals surface area (Å²) in [5.74, 6) is -1.17. The van der Waals surface area contributed by atoms with Gasteiger partial charge in [-0.25, -0.2) is 19.2 Å². The molecule has 0 spiro atoms. The van der Waals surface area contributed by atoms with Crippen molar-refractivity contribution in [2.45, 2.75) is 175 Å². The van der Waals surface area contributed by atoms with Crippen LogP contribution >= 0.6 is 0 Å². The second-order valence-corrected chi connectivity index (χ2v) is 21.2. The summed E-state index contributed by atoms with van der Waals surface area (Å²) >= 11 is 0. The number of unbranched alkanes of at least 4 members (excludes halogenated alkanes) is 2. The number of fused-ring (bicyclic) bond motifs is 2. The lowest BCUT2D eigenvalue weighted by Gasteiger charge is -2.37. The minimum Gasteiger partial charge on any atom is -0.443 e. The highest BCUT2D eigenvalue weighted by Gasteiger charge is 2.55. The van der Waals surface area contributed by atoms with Crippen LogP contribution in [0.2, 0.25) is 0 Å². The van der Waals surface area contributed by atoms with Crippen molar-refractivity contribution in [3.05, 3.63) is 95.6 Å². The van der Waals surface area contributed by atoms with E-state index >= 15 is 4.79 Å². The maximum atomic E-state index is 15.8. The number of amides is 4. The van der Waals surface area contributed by atoms with Gasteiger partial charge in [-0.3, -0.25) is 0 Å². The van der Waals surface area contributed by atoms with Crippen LogP contribution in [0.4, 0.5) is 25.0 Å². The maximum absolute atomic E-state index is 15.8. The van der Waals surface area contributed by atoms with Crippen LogP contribution in [0, 0.1) is 0 Å². The molecule has 68 heavy (non-hydrogen) atoms. The smallest absolute Gasteiger partial charge is 0.435 e. The number of nitrogens with zero attached hydrogens (tertiary/aromatic N) is 5. The Balaban J connectivity index is 1.51. The monoisotopic (exact) mass is 940 g/mol. The van der Waals surface area contributed by atoms with Crippen LogP contribution in [-0.2, 0) is 47.8 Å². The first-order chi connectivity index (χ1) is 31.9. The van der Waals surface area contributed by atoms with Crippen molar-refractivity contribution in [1.82, 2.24) is 19.6 Å². The number of carbonyl (C=O) groups excluding carboxylic acids is 4. The number of rotatable bonds is 15. The van der Waals surface area contributed by atoms with Crippen molar-refractivity contribution >= 4 is 41.0 Å². The second-order valence-electron chi connectivity index (χ2n) is 21.2. The van der Waals surface area contributed by atoms with Crippen LogP contribution in [0.15, 0.2) is 78.9 Å². The van der Waals surface area contributed by atoms with E-state index in [9.17, 15) is 14.4 Å². The number of aromatic nitrogens is 2. The average Bonchev–Trinajstić information content (AvgIpc) is 3.75. The van der Waals surface area contributed by atoms with Gasteiger partial charge >= 0.3 is 24.3 Å². The molecule has 2 fully saturated rings. The molecule has 15 heteroatoms. The minimum atomic E-state index is -1.05. The quantitative estimate of drug-likeness (QED) is 0.0827. The molecule has 4 aromatic rings. The molecule has 0 bridgehead atoms. The van der Waals surface area contributed by atoms with Crippen LogP contribution in [-0.4, -0.2) is 111 Å². The summed E-state index contributed by atoms with van der Waals surface area (Å²) in [5, 5.41) is 4.83.